The second-order valence-electron chi connectivity index (χ2n) is 6.62. The van der Waals surface area contributed by atoms with E-state index in [1.165, 1.54) is 7.11 Å². The first-order valence-corrected chi connectivity index (χ1v) is 9.18. The fourth-order valence-corrected chi connectivity index (χ4v) is 3.13. The molecule has 134 valence electrons. The summed E-state index contributed by atoms with van der Waals surface area (Å²) in [6.45, 7) is 5.18. The Morgan fingerprint density at radius 2 is 1.78 bits per heavy atom. The van der Waals surface area contributed by atoms with Crippen molar-refractivity contribution < 1.29 is 31.7 Å². The summed E-state index contributed by atoms with van der Waals surface area (Å²) in [7, 11) is -2.45. The second kappa shape index (κ2) is 7.48. The first-order valence-electron chi connectivity index (χ1n) is 7.37. The molecule has 9 heteroatoms. The molecule has 0 bridgehead atoms. The molecule has 1 aliphatic carbocycles. The largest absolute Gasteiger partial charge is 0.469 e. The lowest BCUT2D eigenvalue weighted by molar-refractivity contribution is -0.147. The fourth-order valence-electron chi connectivity index (χ4n) is 2.46. The van der Waals surface area contributed by atoms with Gasteiger partial charge in [-0.05, 0) is 40.0 Å². The molecule has 1 fully saturated rings. The van der Waals surface area contributed by atoms with E-state index in [1.54, 1.807) is 20.8 Å². The molecule has 3 atom stereocenters. The van der Waals surface area contributed by atoms with E-state index in [4.69, 9.17) is 13.7 Å². The van der Waals surface area contributed by atoms with Crippen LogP contribution in [0.3, 0.4) is 0 Å². The van der Waals surface area contributed by atoms with Crippen LogP contribution in [0.5, 0.6) is 0 Å². The van der Waals surface area contributed by atoms with Gasteiger partial charge in [-0.25, -0.2) is 4.79 Å². The Hall–Kier alpha value is -1.35. The molecule has 2 unspecified atom stereocenters. The van der Waals surface area contributed by atoms with Crippen molar-refractivity contribution in [2.45, 2.75) is 57.8 Å². The van der Waals surface area contributed by atoms with Crippen molar-refractivity contribution in [1.82, 2.24) is 5.32 Å². The molecule has 0 radical (unpaired) electrons. The minimum Gasteiger partial charge on any atom is -0.469 e. The highest BCUT2D eigenvalue weighted by atomic mass is 32.2. The van der Waals surface area contributed by atoms with Gasteiger partial charge in [-0.1, -0.05) is 0 Å². The highest BCUT2D eigenvalue weighted by Crippen LogP contribution is 2.29. The van der Waals surface area contributed by atoms with Crippen LogP contribution in [0.15, 0.2) is 0 Å². The lowest BCUT2D eigenvalue weighted by Gasteiger charge is -2.34. The van der Waals surface area contributed by atoms with Crippen molar-refractivity contribution in [1.29, 1.82) is 0 Å². The molecule has 1 aliphatic rings. The topological polar surface area (TPSA) is 108 Å². The summed E-state index contributed by atoms with van der Waals surface area (Å²) < 4.78 is 37.8. The van der Waals surface area contributed by atoms with Crippen molar-refractivity contribution in [3.8, 4) is 0 Å². The first kappa shape index (κ1) is 19.7. The van der Waals surface area contributed by atoms with Gasteiger partial charge in [0.2, 0.25) is 0 Å². The van der Waals surface area contributed by atoms with Gasteiger partial charge in [-0.15, -0.1) is 0 Å². The minimum absolute atomic E-state index is 0.153. The number of amides is 1. The molecule has 0 heterocycles. The molecule has 0 saturated heterocycles. The Labute approximate surface area is 137 Å². The van der Waals surface area contributed by atoms with E-state index in [1.807, 2.05) is 0 Å². The van der Waals surface area contributed by atoms with Gasteiger partial charge in [0.15, 0.2) is 0 Å². The van der Waals surface area contributed by atoms with Crippen molar-refractivity contribution in [2.75, 3.05) is 13.4 Å². The Morgan fingerprint density at radius 3 is 2.26 bits per heavy atom. The summed E-state index contributed by atoms with van der Waals surface area (Å²) in [6, 6.07) is -0.555. The lowest BCUT2D eigenvalue weighted by atomic mass is 9.84. The third-order valence-corrected chi connectivity index (χ3v) is 3.92. The Morgan fingerprint density at radius 1 is 1.17 bits per heavy atom. The zero-order valence-electron chi connectivity index (χ0n) is 14.1. The zero-order valence-corrected chi connectivity index (χ0v) is 14.9. The number of hydrogen-bond donors (Lipinski definition) is 1. The molecule has 1 saturated carbocycles. The van der Waals surface area contributed by atoms with Gasteiger partial charge in [-0.2, -0.15) is 8.42 Å². The van der Waals surface area contributed by atoms with E-state index in [2.05, 4.69) is 5.32 Å². The van der Waals surface area contributed by atoms with Gasteiger partial charge >= 0.3 is 12.1 Å². The van der Waals surface area contributed by atoms with Gasteiger partial charge in [0.05, 0.1) is 31.4 Å². The Balaban J connectivity index is 2.79. The van der Waals surface area contributed by atoms with Crippen LogP contribution in [-0.4, -0.2) is 51.6 Å². The van der Waals surface area contributed by atoms with Crippen LogP contribution in [0.4, 0.5) is 4.79 Å². The van der Waals surface area contributed by atoms with Crippen LogP contribution in [0, 0.1) is 5.92 Å². The van der Waals surface area contributed by atoms with Gasteiger partial charge in [-0.3, -0.25) is 8.98 Å². The van der Waals surface area contributed by atoms with Gasteiger partial charge in [0.1, 0.15) is 5.60 Å². The van der Waals surface area contributed by atoms with Gasteiger partial charge < -0.3 is 14.8 Å². The molecule has 0 aromatic heterocycles. The molecule has 8 nitrogen and oxygen atoms in total. The van der Waals surface area contributed by atoms with Crippen molar-refractivity contribution in [2.24, 2.45) is 5.92 Å². The lowest BCUT2D eigenvalue weighted by Crippen LogP contribution is -2.50. The normalized spacial score (nSPS) is 25.5. The number of nitrogens with one attached hydrogen (secondary N) is 1. The van der Waals surface area contributed by atoms with Gasteiger partial charge in [0, 0.05) is 0 Å². The van der Waals surface area contributed by atoms with Crippen LogP contribution < -0.4 is 5.32 Å². The third kappa shape index (κ3) is 7.17. The number of esters is 1. The number of carbonyl (C=O) groups is 2. The second-order valence-corrected chi connectivity index (χ2v) is 8.23. The molecular formula is C14H25NO7S. The van der Waals surface area contributed by atoms with E-state index in [0.717, 1.165) is 6.26 Å². The molecule has 23 heavy (non-hydrogen) atoms. The van der Waals surface area contributed by atoms with Crippen molar-refractivity contribution >= 4 is 22.2 Å². The molecular weight excluding hydrogens is 326 g/mol. The predicted molar refractivity (Wildman–Crippen MR) is 82.2 cm³/mol. The number of rotatable bonds is 4. The summed E-state index contributed by atoms with van der Waals surface area (Å²) in [5.41, 5.74) is -0.666. The number of methoxy groups -OCH3 is 1. The molecule has 1 amide bonds. The highest BCUT2D eigenvalue weighted by molar-refractivity contribution is 7.86. The van der Waals surface area contributed by atoms with Gasteiger partial charge in [0.25, 0.3) is 10.1 Å². The van der Waals surface area contributed by atoms with E-state index >= 15 is 0 Å². The summed E-state index contributed by atoms with van der Waals surface area (Å²) in [5.74, 6) is -0.869. The fraction of sp³-hybridized carbons (Fsp3) is 0.857. The van der Waals surface area contributed by atoms with Crippen LogP contribution in [0.1, 0.15) is 40.0 Å². The zero-order chi connectivity index (χ0) is 17.8. The molecule has 0 aliphatic heterocycles. The summed E-state index contributed by atoms with van der Waals surface area (Å²) in [4.78, 5) is 23.5. The maximum atomic E-state index is 11.9. The maximum absolute atomic E-state index is 11.9. The third-order valence-electron chi connectivity index (χ3n) is 3.33. The van der Waals surface area contributed by atoms with E-state index in [0.29, 0.717) is 12.8 Å². The van der Waals surface area contributed by atoms with E-state index in [9.17, 15) is 18.0 Å². The molecule has 1 rings (SSSR count). The number of alkyl carbamates (subject to hydrolysis) is 1. The maximum Gasteiger partial charge on any atom is 0.407 e. The summed E-state index contributed by atoms with van der Waals surface area (Å²) in [6.07, 6.45) is 0.451. The molecule has 1 N–H and O–H groups in total. The SMILES string of the molecule is COC(=O)C1CC[C@H](NC(=O)OC(C)(C)C)C(OS(C)(=O)=O)C1. The molecule has 0 aromatic carbocycles. The van der Waals surface area contributed by atoms with Crippen molar-refractivity contribution in [3.63, 3.8) is 0 Å². The monoisotopic (exact) mass is 351 g/mol. The Kier molecular flexibility index (Phi) is 6.41. The molecule has 0 spiro atoms. The van der Waals surface area contributed by atoms with E-state index < -0.39 is 45.8 Å². The number of ether oxygens (including phenoxy) is 2. The quantitative estimate of drug-likeness (QED) is 0.599. The summed E-state index contributed by atoms with van der Waals surface area (Å²) >= 11 is 0. The van der Waals surface area contributed by atoms with Crippen LogP contribution in [0.2, 0.25) is 0 Å². The van der Waals surface area contributed by atoms with Crippen LogP contribution >= 0.6 is 0 Å². The van der Waals surface area contributed by atoms with Crippen LogP contribution in [0.25, 0.3) is 0 Å². The standard InChI is InChI=1S/C14H25NO7S/c1-14(2,3)21-13(17)15-10-7-6-9(12(16)20-4)8-11(10)22-23(5,18)19/h9-11H,6-8H2,1-5H3,(H,15,17)/t9?,10-,11?/m0/s1. The van der Waals surface area contributed by atoms with Crippen LogP contribution in [-0.2, 0) is 28.6 Å². The highest BCUT2D eigenvalue weighted by Gasteiger charge is 2.38. The average Bonchev–Trinajstić information content (AvgIpc) is 2.36. The first-order chi connectivity index (χ1) is 10.4. The molecule has 0 aromatic rings. The minimum atomic E-state index is -3.73. The van der Waals surface area contributed by atoms with Crippen molar-refractivity contribution in [3.05, 3.63) is 0 Å². The average molecular weight is 351 g/mol. The Bertz CT molecular complexity index is 538. The smallest absolute Gasteiger partial charge is 0.407 e. The van der Waals surface area contributed by atoms with E-state index in [-0.39, 0.29) is 6.42 Å². The summed E-state index contributed by atoms with van der Waals surface area (Å²) in [5, 5.41) is 2.62. The predicted octanol–water partition coefficient (Wildman–Crippen LogP) is 1.20. The number of carbonyl (C=O) groups excluding carboxylic acids is 2. The number of hydrogen-bond acceptors (Lipinski definition) is 7.